The Morgan fingerprint density at radius 3 is 2.03 bits per heavy atom. The van der Waals surface area contributed by atoms with Crippen LogP contribution in [0.5, 0.6) is 0 Å². The Kier molecular flexibility index (Phi) is 10.9. The van der Waals surface area contributed by atoms with Crippen molar-refractivity contribution in [2.45, 2.75) is 177 Å². The van der Waals surface area contributed by atoms with Gasteiger partial charge in [-0.1, -0.05) is 92.6 Å². The van der Waals surface area contributed by atoms with Crippen molar-refractivity contribution in [2.24, 2.45) is 79.3 Å². The summed E-state index contributed by atoms with van der Waals surface area (Å²) in [7, 11) is 0. The molecule has 0 radical (unpaired) electrons. The lowest BCUT2D eigenvalue weighted by Gasteiger charge is -2.73. The Morgan fingerprint density at radius 2 is 1.37 bits per heavy atom. The number of rotatable bonds is 8. The number of ether oxygens (including phenoxy) is 1. The van der Waals surface area contributed by atoms with Crippen LogP contribution in [0.3, 0.4) is 0 Å². The van der Waals surface area contributed by atoms with E-state index in [0.717, 1.165) is 64.6 Å². The molecule has 2 heterocycles. The first-order valence-electron chi connectivity index (χ1n) is 26.4. The van der Waals surface area contributed by atoms with Crippen LogP contribution in [0, 0.1) is 79.3 Å². The summed E-state index contributed by atoms with van der Waals surface area (Å²) in [5.41, 5.74) is 2.32. The van der Waals surface area contributed by atoms with E-state index in [0.29, 0.717) is 52.9 Å². The van der Waals surface area contributed by atoms with Gasteiger partial charge in [-0.05, 0) is 177 Å². The zero-order valence-electron chi connectivity index (χ0n) is 40.9. The van der Waals surface area contributed by atoms with E-state index in [2.05, 4.69) is 107 Å². The molecule has 1 aromatic carbocycles. The quantitative estimate of drug-likeness (QED) is 0.244. The molecule has 12 atom stereocenters. The molecule has 1 aromatic rings. The van der Waals surface area contributed by atoms with Crippen LogP contribution in [-0.2, 0) is 20.7 Å². The van der Waals surface area contributed by atoms with Crippen LogP contribution in [0.15, 0.2) is 30.3 Å². The predicted octanol–water partition coefficient (Wildman–Crippen LogP) is 11.3. The maximum absolute atomic E-state index is 15.4. The molecule has 10 rings (SSSR count). The molecule has 9 aliphatic rings. The van der Waals surface area contributed by atoms with Crippen LogP contribution in [0.25, 0.3) is 0 Å². The molecular formula is C56H87N3O3. The second-order valence-corrected chi connectivity index (χ2v) is 25.9. The van der Waals surface area contributed by atoms with Gasteiger partial charge in [-0.15, -0.1) is 0 Å². The van der Waals surface area contributed by atoms with Crippen LogP contribution in [0.2, 0.25) is 0 Å². The summed E-state index contributed by atoms with van der Waals surface area (Å²) in [5.74, 6) is 4.27. The summed E-state index contributed by atoms with van der Waals surface area (Å²) < 4.78 is 6.75. The lowest BCUT2D eigenvalue weighted by molar-refractivity contribution is -0.253. The van der Waals surface area contributed by atoms with E-state index in [9.17, 15) is 4.79 Å². The largest absolute Gasteiger partial charge is 0.462 e. The van der Waals surface area contributed by atoms with Crippen LogP contribution >= 0.6 is 0 Å². The number of amides is 1. The number of fused-ring (bicyclic) bond motifs is 7. The summed E-state index contributed by atoms with van der Waals surface area (Å²) >= 11 is 0. The molecule has 344 valence electrons. The number of likely N-dealkylation sites (N-methyl/N-ethyl adjacent to an activating group) is 1. The molecule has 6 nitrogen and oxygen atoms in total. The number of carbonyl (C=O) groups excluding carboxylic acids is 2. The van der Waals surface area contributed by atoms with Gasteiger partial charge in [0.2, 0.25) is 5.91 Å². The smallest absolute Gasteiger partial charge is 0.309 e. The van der Waals surface area contributed by atoms with Crippen molar-refractivity contribution in [1.29, 1.82) is 0 Å². The van der Waals surface area contributed by atoms with Crippen molar-refractivity contribution < 1.29 is 14.3 Å². The zero-order chi connectivity index (χ0) is 43.7. The van der Waals surface area contributed by atoms with Crippen molar-refractivity contribution >= 4 is 11.9 Å². The summed E-state index contributed by atoms with van der Waals surface area (Å²) in [6.45, 7) is 30.6. The standard InChI is InChI=1S/C56H87N3O3/c1-10-57-32-34-58(35-33-57)40-21-30-59(31-22-40)49(61)56-25-18-41(52(6)26-27-52)47(56)42-16-17-45-53(7)23-20-46(51(4,5)44(53)19-24-55(45,9)54(42,8)28-29-56)62-48(60)43-37-39(50(43,2)3)36-38-14-12-11-13-15-38/h11-15,39-47H,10,16-37H2,1-9H3/t39-,41-,42-,43-,44+,45-,46+,47-,53+,54-,55-,56+/m1/s1. The Labute approximate surface area is 377 Å². The van der Waals surface area contributed by atoms with E-state index in [1.807, 2.05) is 0 Å². The molecule has 0 spiro atoms. The molecule has 2 aliphatic heterocycles. The van der Waals surface area contributed by atoms with Gasteiger partial charge in [0, 0.05) is 50.7 Å². The highest BCUT2D eigenvalue weighted by molar-refractivity contribution is 5.84. The highest BCUT2D eigenvalue weighted by Crippen LogP contribution is 2.79. The maximum Gasteiger partial charge on any atom is 0.309 e. The molecule has 0 unspecified atom stereocenters. The molecule has 0 aromatic heterocycles. The molecule has 62 heavy (non-hydrogen) atoms. The summed E-state index contributed by atoms with van der Waals surface area (Å²) in [6, 6.07) is 11.5. The fraction of sp³-hybridized carbons (Fsp3) is 0.857. The van der Waals surface area contributed by atoms with Gasteiger partial charge in [-0.25, -0.2) is 0 Å². The number of esters is 1. The molecule has 0 bridgehead atoms. The summed E-state index contributed by atoms with van der Waals surface area (Å²) in [5, 5.41) is 0. The molecule has 9 fully saturated rings. The van der Waals surface area contributed by atoms with E-state index in [-0.39, 0.29) is 50.5 Å². The van der Waals surface area contributed by atoms with Gasteiger partial charge in [-0.2, -0.15) is 0 Å². The number of piperazine rings is 1. The second kappa shape index (κ2) is 15.3. The van der Waals surface area contributed by atoms with Crippen molar-refractivity contribution in [1.82, 2.24) is 14.7 Å². The Bertz CT molecular complexity index is 1840. The summed E-state index contributed by atoms with van der Waals surface area (Å²) in [6.07, 6.45) is 19.1. The van der Waals surface area contributed by atoms with Gasteiger partial charge in [0.1, 0.15) is 6.10 Å². The molecular weight excluding hydrogens is 763 g/mol. The Morgan fingerprint density at radius 1 is 0.661 bits per heavy atom. The Hall–Kier alpha value is -1.92. The van der Waals surface area contributed by atoms with Crippen molar-refractivity contribution in [3.05, 3.63) is 35.9 Å². The fourth-order valence-corrected chi connectivity index (χ4v) is 18.6. The molecule has 2 saturated heterocycles. The highest BCUT2D eigenvalue weighted by atomic mass is 16.5. The van der Waals surface area contributed by atoms with Crippen molar-refractivity contribution in [2.75, 3.05) is 45.8 Å². The summed E-state index contributed by atoms with van der Waals surface area (Å²) in [4.78, 5) is 37.3. The lowest BCUT2D eigenvalue weighted by Crippen LogP contribution is -2.68. The van der Waals surface area contributed by atoms with Crippen LogP contribution in [-0.4, -0.2) is 84.5 Å². The number of nitrogens with zero attached hydrogens (tertiary/aromatic N) is 3. The van der Waals surface area contributed by atoms with E-state index < -0.39 is 0 Å². The molecule has 1 amide bonds. The number of carbonyl (C=O) groups is 2. The highest BCUT2D eigenvalue weighted by Gasteiger charge is 2.74. The lowest BCUT2D eigenvalue weighted by atomic mass is 9.32. The number of benzene rings is 1. The van der Waals surface area contributed by atoms with Crippen LogP contribution < -0.4 is 0 Å². The second-order valence-electron chi connectivity index (χ2n) is 25.9. The average Bonchev–Trinajstić information content (AvgIpc) is 3.88. The third-order valence-electron chi connectivity index (χ3n) is 23.2. The van der Waals surface area contributed by atoms with Crippen LogP contribution in [0.1, 0.15) is 164 Å². The first-order valence-corrected chi connectivity index (χ1v) is 26.4. The monoisotopic (exact) mass is 850 g/mol. The number of likely N-dealkylation sites (tertiary alicyclic amines) is 1. The van der Waals surface area contributed by atoms with Gasteiger partial charge in [0.25, 0.3) is 0 Å². The maximum atomic E-state index is 15.4. The first-order chi connectivity index (χ1) is 29.4. The SMILES string of the molecule is CCN1CCN(C2CCN(C(=O)[C@]34CC[C@@H](C5(C)CC5)[C@@H]3[C@H]3CC[C@@H]5[C@@]6(C)CC[C@H](OC(=O)[C@H]7C[C@@H](Cc8ccccc8)C7(C)C)C(C)(C)[C@@H]6CC[C@@]5(C)[C@]3(C)CC4)CC2)CC1. The van der Waals surface area contributed by atoms with E-state index in [4.69, 9.17) is 4.74 Å². The normalized spacial score (nSPS) is 44.8. The first kappa shape index (κ1) is 43.9. The van der Waals surface area contributed by atoms with Crippen LogP contribution in [0.4, 0.5) is 0 Å². The third kappa shape index (κ3) is 6.54. The predicted molar refractivity (Wildman–Crippen MR) is 250 cm³/mol. The molecule has 6 heteroatoms. The minimum absolute atomic E-state index is 0.00788. The molecule has 0 N–H and O–H groups in total. The fourth-order valence-electron chi connectivity index (χ4n) is 18.6. The van der Waals surface area contributed by atoms with Gasteiger partial charge in [0.05, 0.1) is 11.3 Å². The topological polar surface area (TPSA) is 53.1 Å². The Balaban J connectivity index is 0.843. The van der Waals surface area contributed by atoms with Gasteiger partial charge in [-0.3, -0.25) is 14.5 Å². The number of piperidine rings is 1. The number of hydrogen-bond donors (Lipinski definition) is 0. The minimum Gasteiger partial charge on any atom is -0.462 e. The zero-order valence-corrected chi connectivity index (χ0v) is 40.9. The third-order valence-corrected chi connectivity index (χ3v) is 23.2. The number of hydrogen-bond acceptors (Lipinski definition) is 5. The van der Waals surface area contributed by atoms with E-state index >= 15 is 4.79 Å². The van der Waals surface area contributed by atoms with Gasteiger partial charge < -0.3 is 14.5 Å². The van der Waals surface area contributed by atoms with Gasteiger partial charge >= 0.3 is 5.97 Å². The van der Waals surface area contributed by atoms with E-state index in [1.54, 1.807) is 0 Å². The molecule has 7 saturated carbocycles. The van der Waals surface area contributed by atoms with Gasteiger partial charge in [0.15, 0.2) is 0 Å². The molecule has 7 aliphatic carbocycles. The van der Waals surface area contributed by atoms with E-state index in [1.165, 1.54) is 89.5 Å². The van der Waals surface area contributed by atoms with Crippen molar-refractivity contribution in [3.8, 4) is 0 Å². The minimum atomic E-state index is -0.148. The average molecular weight is 850 g/mol. The van der Waals surface area contributed by atoms with Crippen molar-refractivity contribution in [3.63, 3.8) is 0 Å².